The second kappa shape index (κ2) is 4.12. The van der Waals surface area contributed by atoms with Crippen molar-refractivity contribution in [3.05, 3.63) is 0 Å². The fraction of sp³-hybridized carbons (Fsp3) is 0.917. The molecule has 0 radical (unpaired) electrons. The monoisotopic (exact) mass is 210 g/mol. The molecule has 86 valence electrons. The summed E-state index contributed by atoms with van der Waals surface area (Å²) in [6.45, 7) is 2.64. The van der Waals surface area contributed by atoms with Crippen LogP contribution in [0.2, 0.25) is 0 Å². The lowest BCUT2D eigenvalue weighted by molar-refractivity contribution is -0.127. The van der Waals surface area contributed by atoms with Gasteiger partial charge in [0.05, 0.1) is 5.54 Å². The Morgan fingerprint density at radius 2 is 2.07 bits per heavy atom. The number of hydrogen-bond donors (Lipinski definition) is 2. The fourth-order valence-corrected chi connectivity index (χ4v) is 2.62. The molecule has 3 nitrogen and oxygen atoms in total. The van der Waals surface area contributed by atoms with Crippen molar-refractivity contribution in [3.8, 4) is 0 Å². The summed E-state index contributed by atoms with van der Waals surface area (Å²) in [4.78, 5) is 12.0. The predicted octanol–water partition coefficient (Wildman–Crippen LogP) is 1.42. The molecule has 2 saturated carbocycles. The van der Waals surface area contributed by atoms with Crippen LogP contribution in [-0.4, -0.2) is 18.0 Å². The highest BCUT2D eigenvalue weighted by Crippen LogP contribution is 2.37. The third-order valence-corrected chi connectivity index (χ3v) is 4.08. The van der Waals surface area contributed by atoms with E-state index in [9.17, 15) is 4.79 Å². The Kier molecular flexibility index (Phi) is 3.01. The standard InChI is InChI=1S/C12H22N2O/c1-9(10-4-5-10)11(15)14-12(8-13)6-2-3-7-12/h9-10H,2-8,13H2,1H3,(H,14,15). The molecule has 0 aliphatic heterocycles. The van der Waals surface area contributed by atoms with Crippen LogP contribution in [-0.2, 0) is 4.79 Å². The zero-order valence-corrected chi connectivity index (χ0v) is 9.59. The van der Waals surface area contributed by atoms with E-state index in [1.807, 2.05) is 6.92 Å². The van der Waals surface area contributed by atoms with E-state index in [0.717, 1.165) is 12.8 Å². The molecule has 2 aliphatic carbocycles. The first-order valence-electron chi connectivity index (χ1n) is 6.19. The van der Waals surface area contributed by atoms with Crippen molar-refractivity contribution in [2.24, 2.45) is 17.6 Å². The van der Waals surface area contributed by atoms with E-state index in [0.29, 0.717) is 12.5 Å². The van der Waals surface area contributed by atoms with Crippen LogP contribution in [0.25, 0.3) is 0 Å². The maximum Gasteiger partial charge on any atom is 0.223 e. The number of carbonyl (C=O) groups is 1. The van der Waals surface area contributed by atoms with Gasteiger partial charge < -0.3 is 11.1 Å². The maximum atomic E-state index is 12.0. The highest BCUT2D eigenvalue weighted by atomic mass is 16.2. The number of hydrogen-bond acceptors (Lipinski definition) is 2. The molecule has 0 aromatic carbocycles. The van der Waals surface area contributed by atoms with Gasteiger partial charge in [0.1, 0.15) is 0 Å². The van der Waals surface area contributed by atoms with Crippen LogP contribution in [0.5, 0.6) is 0 Å². The zero-order valence-electron chi connectivity index (χ0n) is 9.59. The van der Waals surface area contributed by atoms with Gasteiger partial charge in [-0.3, -0.25) is 4.79 Å². The lowest BCUT2D eigenvalue weighted by Crippen LogP contribution is -2.53. The van der Waals surface area contributed by atoms with E-state index in [2.05, 4.69) is 5.32 Å². The van der Waals surface area contributed by atoms with Crippen molar-refractivity contribution in [1.82, 2.24) is 5.32 Å². The van der Waals surface area contributed by atoms with Gasteiger partial charge in [0.25, 0.3) is 0 Å². The van der Waals surface area contributed by atoms with Gasteiger partial charge in [-0.1, -0.05) is 19.8 Å². The van der Waals surface area contributed by atoms with Gasteiger partial charge in [0.15, 0.2) is 0 Å². The number of amides is 1. The molecule has 2 rings (SSSR count). The minimum Gasteiger partial charge on any atom is -0.349 e. The smallest absolute Gasteiger partial charge is 0.223 e. The Hall–Kier alpha value is -0.570. The molecular formula is C12H22N2O. The largest absolute Gasteiger partial charge is 0.349 e. The quantitative estimate of drug-likeness (QED) is 0.737. The van der Waals surface area contributed by atoms with E-state index in [1.54, 1.807) is 0 Å². The highest BCUT2D eigenvalue weighted by Gasteiger charge is 2.38. The van der Waals surface area contributed by atoms with Crippen molar-refractivity contribution in [3.63, 3.8) is 0 Å². The van der Waals surface area contributed by atoms with Crippen molar-refractivity contribution in [2.45, 2.75) is 51.0 Å². The molecule has 3 N–H and O–H groups in total. The van der Waals surface area contributed by atoms with Crippen LogP contribution >= 0.6 is 0 Å². The molecule has 0 heterocycles. The van der Waals surface area contributed by atoms with Crippen LogP contribution < -0.4 is 11.1 Å². The van der Waals surface area contributed by atoms with E-state index in [1.165, 1.54) is 25.7 Å². The molecule has 3 heteroatoms. The van der Waals surface area contributed by atoms with Gasteiger partial charge in [0, 0.05) is 12.5 Å². The van der Waals surface area contributed by atoms with Crippen LogP contribution in [0.15, 0.2) is 0 Å². The molecule has 1 amide bonds. The van der Waals surface area contributed by atoms with Crippen molar-refractivity contribution < 1.29 is 4.79 Å². The third-order valence-electron chi connectivity index (χ3n) is 4.08. The van der Waals surface area contributed by atoms with Crippen LogP contribution in [0, 0.1) is 11.8 Å². The Morgan fingerprint density at radius 1 is 1.47 bits per heavy atom. The Balaban J connectivity index is 1.90. The molecule has 1 atom stereocenters. The van der Waals surface area contributed by atoms with Gasteiger partial charge in [-0.25, -0.2) is 0 Å². The molecule has 15 heavy (non-hydrogen) atoms. The van der Waals surface area contributed by atoms with Gasteiger partial charge in [-0.15, -0.1) is 0 Å². The maximum absolute atomic E-state index is 12.0. The SMILES string of the molecule is CC(C(=O)NC1(CN)CCCC1)C1CC1. The predicted molar refractivity (Wildman–Crippen MR) is 60.3 cm³/mol. The lowest BCUT2D eigenvalue weighted by atomic mass is 9.95. The summed E-state index contributed by atoms with van der Waals surface area (Å²) in [6.07, 6.45) is 6.98. The minimum absolute atomic E-state index is 0.0692. The molecular weight excluding hydrogens is 188 g/mol. The molecule has 0 spiro atoms. The summed E-state index contributed by atoms with van der Waals surface area (Å²) in [5, 5.41) is 3.20. The number of carbonyl (C=O) groups excluding carboxylic acids is 1. The van der Waals surface area contributed by atoms with Crippen molar-refractivity contribution in [1.29, 1.82) is 0 Å². The number of nitrogens with two attached hydrogens (primary N) is 1. The van der Waals surface area contributed by atoms with Crippen molar-refractivity contribution in [2.75, 3.05) is 6.54 Å². The second-order valence-corrected chi connectivity index (χ2v) is 5.31. The van der Waals surface area contributed by atoms with Crippen molar-refractivity contribution >= 4 is 5.91 Å². The van der Waals surface area contributed by atoms with Crippen LogP contribution in [0.3, 0.4) is 0 Å². The molecule has 0 bridgehead atoms. The summed E-state index contributed by atoms with van der Waals surface area (Å²) >= 11 is 0. The molecule has 0 aromatic rings. The number of rotatable bonds is 4. The van der Waals surface area contributed by atoms with E-state index in [-0.39, 0.29) is 17.4 Å². The second-order valence-electron chi connectivity index (χ2n) is 5.31. The summed E-state index contributed by atoms with van der Waals surface area (Å²) in [5.41, 5.74) is 5.73. The fourth-order valence-electron chi connectivity index (χ4n) is 2.62. The topological polar surface area (TPSA) is 55.1 Å². The normalized spacial score (nSPS) is 26.3. The molecule has 0 saturated heterocycles. The summed E-state index contributed by atoms with van der Waals surface area (Å²) in [6, 6.07) is 0. The summed E-state index contributed by atoms with van der Waals surface area (Å²) in [7, 11) is 0. The average molecular weight is 210 g/mol. The summed E-state index contributed by atoms with van der Waals surface area (Å²) < 4.78 is 0. The minimum atomic E-state index is -0.0692. The van der Waals surface area contributed by atoms with E-state index >= 15 is 0 Å². The van der Waals surface area contributed by atoms with Crippen LogP contribution in [0.1, 0.15) is 45.4 Å². The van der Waals surface area contributed by atoms with Gasteiger partial charge in [0.2, 0.25) is 5.91 Å². The molecule has 1 unspecified atom stereocenters. The first-order chi connectivity index (χ1) is 7.17. The first kappa shape index (κ1) is 10.9. The van der Waals surface area contributed by atoms with Crippen LogP contribution in [0.4, 0.5) is 0 Å². The zero-order chi connectivity index (χ0) is 10.9. The van der Waals surface area contributed by atoms with Gasteiger partial charge in [-0.05, 0) is 31.6 Å². The molecule has 0 aromatic heterocycles. The Bertz CT molecular complexity index is 242. The number of nitrogens with one attached hydrogen (secondary N) is 1. The van der Waals surface area contributed by atoms with E-state index in [4.69, 9.17) is 5.73 Å². The third kappa shape index (κ3) is 2.33. The Morgan fingerprint density at radius 3 is 2.53 bits per heavy atom. The average Bonchev–Trinajstić information content (AvgIpc) is 2.99. The molecule has 2 aliphatic rings. The van der Waals surface area contributed by atoms with E-state index < -0.39 is 0 Å². The van der Waals surface area contributed by atoms with Gasteiger partial charge >= 0.3 is 0 Å². The molecule has 2 fully saturated rings. The Labute approximate surface area is 91.8 Å². The highest BCUT2D eigenvalue weighted by molar-refractivity contribution is 5.79. The first-order valence-corrected chi connectivity index (χ1v) is 6.19. The summed E-state index contributed by atoms with van der Waals surface area (Å²) in [5.74, 6) is 1.06. The van der Waals surface area contributed by atoms with Gasteiger partial charge in [-0.2, -0.15) is 0 Å². The lowest BCUT2D eigenvalue weighted by Gasteiger charge is -2.30.